The van der Waals surface area contributed by atoms with Gasteiger partial charge in [-0.1, -0.05) is 48.3 Å². The maximum absolute atomic E-state index is 12.6. The van der Waals surface area contributed by atoms with Gasteiger partial charge in [0.05, 0.1) is 6.54 Å². The van der Waals surface area contributed by atoms with Crippen LogP contribution in [0.15, 0.2) is 65.1 Å². The van der Waals surface area contributed by atoms with Gasteiger partial charge in [-0.25, -0.2) is 0 Å². The molecule has 6 nitrogen and oxygen atoms in total. The van der Waals surface area contributed by atoms with Gasteiger partial charge in [0.15, 0.2) is 11.6 Å². The number of aryl methyl sites for hydroxylation is 2. The lowest BCUT2D eigenvalue weighted by Crippen LogP contribution is -2.12. The van der Waals surface area contributed by atoms with E-state index in [1.165, 1.54) is 5.56 Å². The molecule has 33 heavy (non-hydrogen) atoms. The Morgan fingerprint density at radius 2 is 1.82 bits per heavy atom. The van der Waals surface area contributed by atoms with Crippen molar-refractivity contribution in [2.75, 3.05) is 5.32 Å². The van der Waals surface area contributed by atoms with Gasteiger partial charge in [-0.05, 0) is 55.3 Å². The van der Waals surface area contributed by atoms with E-state index in [2.05, 4.69) is 17.3 Å². The van der Waals surface area contributed by atoms with Gasteiger partial charge >= 0.3 is 0 Å². The quantitative estimate of drug-likeness (QED) is 0.309. The van der Waals surface area contributed by atoms with Crippen LogP contribution in [0.4, 0.5) is 5.82 Å². The Hall–Kier alpha value is -3.22. The molecular weight excluding hydrogens is 461 g/mol. The van der Waals surface area contributed by atoms with Gasteiger partial charge in [-0.2, -0.15) is 5.10 Å². The van der Waals surface area contributed by atoms with Crippen molar-refractivity contribution in [3.63, 3.8) is 0 Å². The van der Waals surface area contributed by atoms with E-state index < -0.39 is 5.91 Å². The molecule has 1 amide bonds. The molecule has 0 radical (unpaired) electrons. The minimum Gasteiger partial charge on any atom is -0.486 e. The zero-order valence-corrected chi connectivity index (χ0v) is 19.8. The van der Waals surface area contributed by atoms with Crippen molar-refractivity contribution in [3.8, 4) is 5.75 Å². The van der Waals surface area contributed by atoms with Crippen LogP contribution < -0.4 is 10.1 Å². The molecule has 0 saturated carbocycles. The maximum Gasteiger partial charge on any atom is 0.292 e. The van der Waals surface area contributed by atoms with E-state index in [-0.39, 0.29) is 12.4 Å². The second kappa shape index (κ2) is 10.1. The monoisotopic (exact) mass is 483 g/mol. The Bertz CT molecular complexity index is 1240. The SMILES string of the molecule is CCc1ccc(OCc2ccc(C(=O)Nc3cc(C)n(Cc4c(Cl)cccc4Cl)n3)o2)cc1. The normalized spacial score (nSPS) is 10.9. The van der Waals surface area contributed by atoms with E-state index in [1.54, 1.807) is 41.1 Å². The number of nitrogens with one attached hydrogen (secondary N) is 1. The molecule has 0 spiro atoms. The summed E-state index contributed by atoms with van der Waals surface area (Å²) in [4.78, 5) is 12.6. The molecule has 2 heterocycles. The van der Waals surface area contributed by atoms with Crippen LogP contribution in [0.25, 0.3) is 0 Å². The molecule has 2 aromatic heterocycles. The number of carbonyl (C=O) groups excluding carboxylic acids is 1. The van der Waals surface area contributed by atoms with Crippen LogP contribution >= 0.6 is 23.2 Å². The highest BCUT2D eigenvalue weighted by Gasteiger charge is 2.15. The fourth-order valence-corrected chi connectivity index (χ4v) is 3.81. The highest BCUT2D eigenvalue weighted by molar-refractivity contribution is 6.35. The average molecular weight is 484 g/mol. The Morgan fingerprint density at radius 1 is 1.09 bits per heavy atom. The smallest absolute Gasteiger partial charge is 0.292 e. The molecule has 0 bridgehead atoms. The van der Waals surface area contributed by atoms with E-state index in [0.717, 1.165) is 23.4 Å². The summed E-state index contributed by atoms with van der Waals surface area (Å²) in [5.74, 6) is 1.49. The second-order valence-electron chi connectivity index (χ2n) is 7.54. The highest BCUT2D eigenvalue weighted by Crippen LogP contribution is 2.26. The summed E-state index contributed by atoms with van der Waals surface area (Å²) in [7, 11) is 0. The predicted molar refractivity (Wildman–Crippen MR) is 129 cm³/mol. The zero-order chi connectivity index (χ0) is 23.4. The first-order valence-electron chi connectivity index (χ1n) is 10.5. The van der Waals surface area contributed by atoms with Crippen LogP contribution in [-0.4, -0.2) is 15.7 Å². The summed E-state index contributed by atoms with van der Waals surface area (Å²) in [5.41, 5.74) is 2.86. The molecule has 4 rings (SSSR count). The fraction of sp³-hybridized carbons (Fsp3) is 0.200. The van der Waals surface area contributed by atoms with Gasteiger partial charge in [0.1, 0.15) is 18.1 Å². The van der Waals surface area contributed by atoms with Crippen LogP contribution in [0.5, 0.6) is 5.75 Å². The summed E-state index contributed by atoms with van der Waals surface area (Å²) < 4.78 is 13.1. The van der Waals surface area contributed by atoms with Gasteiger partial charge < -0.3 is 14.5 Å². The van der Waals surface area contributed by atoms with Crippen LogP contribution in [0, 0.1) is 6.92 Å². The van der Waals surface area contributed by atoms with Crippen LogP contribution in [-0.2, 0) is 19.6 Å². The Kier molecular flexibility index (Phi) is 7.06. The third kappa shape index (κ3) is 5.59. The molecule has 0 fully saturated rings. The van der Waals surface area contributed by atoms with E-state index in [4.69, 9.17) is 32.4 Å². The van der Waals surface area contributed by atoms with E-state index in [0.29, 0.717) is 28.2 Å². The molecule has 0 aliphatic carbocycles. The van der Waals surface area contributed by atoms with Crippen molar-refractivity contribution in [2.24, 2.45) is 0 Å². The fourth-order valence-electron chi connectivity index (χ4n) is 3.30. The summed E-state index contributed by atoms with van der Waals surface area (Å²) >= 11 is 12.5. The molecule has 0 atom stereocenters. The van der Waals surface area contributed by atoms with Crippen LogP contribution in [0.3, 0.4) is 0 Å². The minimum absolute atomic E-state index is 0.177. The third-order valence-corrected chi connectivity index (χ3v) is 5.90. The summed E-state index contributed by atoms with van der Waals surface area (Å²) in [5, 5.41) is 8.34. The lowest BCUT2D eigenvalue weighted by atomic mass is 10.2. The van der Waals surface area contributed by atoms with Crippen molar-refractivity contribution in [1.29, 1.82) is 0 Å². The number of aromatic nitrogens is 2. The number of furan rings is 1. The molecule has 4 aromatic rings. The molecule has 0 saturated heterocycles. The number of halogens is 2. The molecule has 0 unspecified atom stereocenters. The number of anilines is 1. The second-order valence-corrected chi connectivity index (χ2v) is 8.35. The standard InChI is InChI=1S/C25H23Cl2N3O3/c1-3-17-7-9-18(10-8-17)32-15-19-11-12-23(33-19)25(31)28-24-13-16(2)30(29-24)14-20-21(26)5-4-6-22(20)27/h4-13H,3,14-15H2,1-2H3,(H,28,29,31). The molecule has 0 aliphatic heterocycles. The van der Waals surface area contributed by atoms with Crippen molar-refractivity contribution < 1.29 is 13.9 Å². The first kappa shape index (κ1) is 23.0. The number of hydrogen-bond acceptors (Lipinski definition) is 4. The van der Waals surface area contributed by atoms with E-state index >= 15 is 0 Å². The molecule has 2 aromatic carbocycles. The number of amides is 1. The van der Waals surface area contributed by atoms with Gasteiger partial charge in [-0.3, -0.25) is 9.48 Å². The topological polar surface area (TPSA) is 69.3 Å². The number of benzene rings is 2. The zero-order valence-electron chi connectivity index (χ0n) is 18.3. The number of rotatable bonds is 8. The van der Waals surface area contributed by atoms with Gasteiger partial charge in [0.25, 0.3) is 5.91 Å². The Balaban J connectivity index is 1.37. The van der Waals surface area contributed by atoms with Crippen LogP contribution in [0.1, 0.15) is 40.1 Å². The summed E-state index contributed by atoms with van der Waals surface area (Å²) in [6, 6.07) is 18.4. The average Bonchev–Trinajstić information content (AvgIpc) is 3.42. The lowest BCUT2D eigenvalue weighted by Gasteiger charge is -2.08. The van der Waals surface area contributed by atoms with Gasteiger partial charge in [-0.15, -0.1) is 0 Å². The van der Waals surface area contributed by atoms with Crippen LogP contribution in [0.2, 0.25) is 10.0 Å². The molecular formula is C25H23Cl2N3O3. The minimum atomic E-state index is -0.394. The first-order chi connectivity index (χ1) is 15.9. The first-order valence-corrected chi connectivity index (χ1v) is 11.3. The molecule has 0 aliphatic rings. The largest absolute Gasteiger partial charge is 0.486 e. The van der Waals surface area contributed by atoms with E-state index in [1.807, 2.05) is 31.2 Å². The number of hydrogen-bond donors (Lipinski definition) is 1. The van der Waals surface area contributed by atoms with Crippen molar-refractivity contribution in [2.45, 2.75) is 33.4 Å². The van der Waals surface area contributed by atoms with Crippen molar-refractivity contribution in [1.82, 2.24) is 9.78 Å². The van der Waals surface area contributed by atoms with Gasteiger partial charge in [0, 0.05) is 27.4 Å². The number of nitrogens with zero attached hydrogens (tertiary/aromatic N) is 2. The lowest BCUT2D eigenvalue weighted by molar-refractivity contribution is 0.0992. The van der Waals surface area contributed by atoms with Crippen molar-refractivity contribution >= 4 is 34.9 Å². The molecule has 8 heteroatoms. The van der Waals surface area contributed by atoms with Crippen molar-refractivity contribution in [3.05, 3.63) is 99.1 Å². The van der Waals surface area contributed by atoms with E-state index in [9.17, 15) is 4.79 Å². The Labute approximate surface area is 202 Å². The molecule has 1 N–H and O–H groups in total. The number of carbonyl (C=O) groups is 1. The summed E-state index contributed by atoms with van der Waals surface area (Å²) in [6.45, 7) is 4.61. The van der Waals surface area contributed by atoms with Gasteiger partial charge in [0.2, 0.25) is 0 Å². The predicted octanol–water partition coefficient (Wildman–Crippen LogP) is 6.53. The highest BCUT2D eigenvalue weighted by atomic mass is 35.5. The Morgan fingerprint density at radius 3 is 2.52 bits per heavy atom. The maximum atomic E-state index is 12.6. The molecule has 170 valence electrons. The number of ether oxygens (including phenoxy) is 1. The third-order valence-electron chi connectivity index (χ3n) is 5.19. The summed E-state index contributed by atoms with van der Waals surface area (Å²) in [6.07, 6.45) is 0.975.